The van der Waals surface area contributed by atoms with Crippen LogP contribution in [0.1, 0.15) is 37.3 Å². The topological polar surface area (TPSA) is 30.9 Å². The molecule has 0 aliphatic heterocycles. The Labute approximate surface area is 155 Å². The molecule has 0 spiro atoms. The third-order valence-electron chi connectivity index (χ3n) is 5.21. The molecule has 1 heterocycles. The van der Waals surface area contributed by atoms with E-state index < -0.39 is 0 Å². The molecule has 0 unspecified atom stereocenters. The maximum Gasteiger partial charge on any atom is 0.0541 e. The van der Waals surface area contributed by atoms with Crippen molar-refractivity contribution in [3.05, 3.63) is 71.8 Å². The highest BCUT2D eigenvalue weighted by atomic mass is 15.0. The van der Waals surface area contributed by atoms with E-state index in [-0.39, 0.29) is 0 Å². The molecule has 4 rings (SSSR count). The Bertz CT molecular complexity index is 1060. The van der Waals surface area contributed by atoms with Crippen LogP contribution in [-0.2, 0) is 6.42 Å². The van der Waals surface area contributed by atoms with E-state index in [1.165, 1.54) is 52.2 Å². The second-order valence-corrected chi connectivity index (χ2v) is 7.26. The van der Waals surface area contributed by atoms with E-state index in [9.17, 15) is 0 Å². The third-order valence-corrected chi connectivity index (χ3v) is 5.21. The standard InChI is InChI=1S/C24H26N2/c1-3-4-5-6-18-8-14-24-22(16-18)21-15-17(2)7-13-23(21)26(24)20-11-9-19(25)10-12-20/h7-16H,3-6,25H2,1-2H3. The lowest BCUT2D eigenvalue weighted by atomic mass is 10.0. The highest BCUT2D eigenvalue weighted by Gasteiger charge is 2.13. The number of nitrogen functional groups attached to an aromatic ring is 1. The third kappa shape index (κ3) is 2.96. The van der Waals surface area contributed by atoms with Gasteiger partial charge in [0.15, 0.2) is 0 Å². The molecular formula is C24H26N2. The van der Waals surface area contributed by atoms with E-state index in [4.69, 9.17) is 5.73 Å². The van der Waals surface area contributed by atoms with Crippen LogP contribution in [0.15, 0.2) is 60.7 Å². The number of fused-ring (bicyclic) bond motifs is 3. The lowest BCUT2D eigenvalue weighted by molar-refractivity contribution is 0.718. The molecule has 0 radical (unpaired) electrons. The van der Waals surface area contributed by atoms with Crippen LogP contribution in [0.2, 0.25) is 0 Å². The summed E-state index contributed by atoms with van der Waals surface area (Å²) in [4.78, 5) is 0. The molecule has 0 atom stereocenters. The number of benzene rings is 3. The minimum absolute atomic E-state index is 0.795. The van der Waals surface area contributed by atoms with Crippen LogP contribution in [0.5, 0.6) is 0 Å². The molecule has 2 heteroatoms. The highest BCUT2D eigenvalue weighted by Crippen LogP contribution is 2.33. The smallest absolute Gasteiger partial charge is 0.0541 e. The normalized spacial score (nSPS) is 11.5. The van der Waals surface area contributed by atoms with Gasteiger partial charge in [0.25, 0.3) is 0 Å². The molecule has 0 amide bonds. The first kappa shape index (κ1) is 16.7. The minimum Gasteiger partial charge on any atom is -0.399 e. The molecule has 0 fully saturated rings. The summed E-state index contributed by atoms with van der Waals surface area (Å²) >= 11 is 0. The van der Waals surface area contributed by atoms with Crippen LogP contribution in [0.25, 0.3) is 27.5 Å². The fraction of sp³-hybridized carbons (Fsp3) is 0.250. The molecule has 0 bridgehead atoms. The van der Waals surface area contributed by atoms with Crippen molar-refractivity contribution < 1.29 is 0 Å². The molecule has 2 nitrogen and oxygen atoms in total. The van der Waals surface area contributed by atoms with Crippen molar-refractivity contribution in [2.24, 2.45) is 0 Å². The summed E-state index contributed by atoms with van der Waals surface area (Å²) in [5.74, 6) is 0. The molecule has 1 aromatic heterocycles. The predicted molar refractivity (Wildman–Crippen MR) is 113 cm³/mol. The van der Waals surface area contributed by atoms with Gasteiger partial charge in [0, 0.05) is 22.1 Å². The molecule has 4 aromatic rings. The largest absolute Gasteiger partial charge is 0.399 e. The van der Waals surface area contributed by atoms with Crippen molar-refractivity contribution >= 4 is 27.5 Å². The first-order chi connectivity index (χ1) is 12.7. The van der Waals surface area contributed by atoms with Gasteiger partial charge in [0.05, 0.1) is 11.0 Å². The second-order valence-electron chi connectivity index (χ2n) is 7.26. The molecule has 0 aliphatic carbocycles. The summed E-state index contributed by atoms with van der Waals surface area (Å²) in [6, 6.07) is 21.8. The van der Waals surface area contributed by atoms with E-state index in [0.717, 1.165) is 17.8 Å². The maximum atomic E-state index is 5.89. The average molecular weight is 342 g/mol. The number of hydrogen-bond acceptors (Lipinski definition) is 1. The van der Waals surface area contributed by atoms with Crippen LogP contribution >= 0.6 is 0 Å². The van der Waals surface area contributed by atoms with Crippen molar-refractivity contribution in [1.82, 2.24) is 4.57 Å². The van der Waals surface area contributed by atoms with Gasteiger partial charge in [-0.05, 0) is 73.9 Å². The Balaban J connectivity index is 1.93. The molecule has 3 aromatic carbocycles. The Morgan fingerprint density at radius 2 is 1.50 bits per heavy atom. The number of hydrogen-bond donors (Lipinski definition) is 1. The van der Waals surface area contributed by atoms with Crippen molar-refractivity contribution in [2.75, 3.05) is 5.73 Å². The van der Waals surface area contributed by atoms with Gasteiger partial charge in [-0.3, -0.25) is 0 Å². The summed E-state index contributed by atoms with van der Waals surface area (Å²) < 4.78 is 2.35. The Morgan fingerprint density at radius 3 is 2.23 bits per heavy atom. The van der Waals surface area contributed by atoms with Gasteiger partial charge in [-0.25, -0.2) is 0 Å². The number of anilines is 1. The second kappa shape index (κ2) is 6.87. The van der Waals surface area contributed by atoms with Gasteiger partial charge < -0.3 is 10.3 Å². The minimum atomic E-state index is 0.795. The van der Waals surface area contributed by atoms with Gasteiger partial charge >= 0.3 is 0 Å². The van der Waals surface area contributed by atoms with E-state index in [2.05, 4.69) is 66.9 Å². The van der Waals surface area contributed by atoms with Crippen LogP contribution < -0.4 is 5.73 Å². The number of aromatic nitrogens is 1. The van der Waals surface area contributed by atoms with Crippen molar-refractivity contribution in [1.29, 1.82) is 0 Å². The Kier molecular flexibility index (Phi) is 4.42. The lowest BCUT2D eigenvalue weighted by Crippen LogP contribution is -1.95. The number of nitrogens with zero attached hydrogens (tertiary/aromatic N) is 1. The predicted octanol–water partition coefficient (Wildman–Crippen LogP) is 6.41. The lowest BCUT2D eigenvalue weighted by Gasteiger charge is -2.08. The van der Waals surface area contributed by atoms with Crippen LogP contribution in [0, 0.1) is 6.92 Å². The molecule has 26 heavy (non-hydrogen) atoms. The number of aryl methyl sites for hydroxylation is 2. The summed E-state index contributed by atoms with van der Waals surface area (Å²) in [5.41, 5.74) is 13.1. The molecular weight excluding hydrogens is 316 g/mol. The highest BCUT2D eigenvalue weighted by molar-refractivity contribution is 6.09. The summed E-state index contributed by atoms with van der Waals surface area (Å²) in [6.45, 7) is 4.42. The van der Waals surface area contributed by atoms with Crippen molar-refractivity contribution in [3.63, 3.8) is 0 Å². The maximum absolute atomic E-state index is 5.89. The first-order valence-electron chi connectivity index (χ1n) is 9.57. The molecule has 132 valence electrons. The van der Waals surface area contributed by atoms with Crippen LogP contribution in [0.3, 0.4) is 0 Å². The fourth-order valence-corrected chi connectivity index (χ4v) is 3.82. The van der Waals surface area contributed by atoms with Gasteiger partial charge in [0.2, 0.25) is 0 Å². The van der Waals surface area contributed by atoms with E-state index in [1.54, 1.807) is 0 Å². The zero-order valence-electron chi connectivity index (χ0n) is 15.6. The quantitative estimate of drug-likeness (QED) is 0.330. The summed E-state index contributed by atoms with van der Waals surface area (Å²) in [6.07, 6.45) is 4.98. The average Bonchev–Trinajstić information content (AvgIpc) is 2.96. The van der Waals surface area contributed by atoms with Crippen LogP contribution in [0.4, 0.5) is 5.69 Å². The van der Waals surface area contributed by atoms with Crippen molar-refractivity contribution in [3.8, 4) is 5.69 Å². The first-order valence-corrected chi connectivity index (χ1v) is 9.57. The summed E-state index contributed by atoms with van der Waals surface area (Å²) in [7, 11) is 0. The molecule has 0 saturated carbocycles. The monoisotopic (exact) mass is 342 g/mol. The van der Waals surface area contributed by atoms with E-state index >= 15 is 0 Å². The van der Waals surface area contributed by atoms with Gasteiger partial charge in [0.1, 0.15) is 0 Å². The molecule has 0 aliphatic rings. The zero-order chi connectivity index (χ0) is 18.1. The molecule has 0 saturated heterocycles. The Morgan fingerprint density at radius 1 is 0.808 bits per heavy atom. The zero-order valence-corrected chi connectivity index (χ0v) is 15.6. The number of rotatable bonds is 5. The van der Waals surface area contributed by atoms with Crippen LogP contribution in [-0.4, -0.2) is 4.57 Å². The number of nitrogens with two attached hydrogens (primary N) is 1. The summed E-state index contributed by atoms with van der Waals surface area (Å²) in [5, 5.41) is 2.67. The van der Waals surface area contributed by atoms with Gasteiger partial charge in [-0.1, -0.05) is 37.5 Å². The van der Waals surface area contributed by atoms with E-state index in [0.29, 0.717) is 0 Å². The number of unbranched alkanes of at least 4 members (excludes halogenated alkanes) is 2. The fourth-order valence-electron chi connectivity index (χ4n) is 3.82. The molecule has 2 N–H and O–H groups in total. The van der Waals surface area contributed by atoms with Crippen molar-refractivity contribution in [2.45, 2.75) is 39.5 Å². The van der Waals surface area contributed by atoms with E-state index in [1.807, 2.05) is 12.1 Å². The Hall–Kier alpha value is -2.74. The SMILES string of the molecule is CCCCCc1ccc2c(c1)c1cc(C)ccc1n2-c1ccc(N)cc1. The van der Waals surface area contributed by atoms with Gasteiger partial charge in [-0.15, -0.1) is 0 Å². The van der Waals surface area contributed by atoms with Gasteiger partial charge in [-0.2, -0.15) is 0 Å².